The minimum absolute atomic E-state index is 0.877. The van der Waals surface area contributed by atoms with E-state index in [0.717, 1.165) is 29.4 Å². The fourth-order valence-electron chi connectivity index (χ4n) is 6.14. The number of benzene rings is 2. The molecule has 0 heterocycles. The van der Waals surface area contributed by atoms with Crippen molar-refractivity contribution < 1.29 is 4.74 Å². The molecule has 0 N–H and O–H groups in total. The first-order chi connectivity index (χ1) is 15.2. The molecule has 2 aliphatic rings. The summed E-state index contributed by atoms with van der Waals surface area (Å²) in [4.78, 5) is 0. The maximum Gasteiger partial charge on any atom is 0.119 e. The molecule has 0 radical (unpaired) electrons. The molecule has 1 nitrogen and oxygen atoms in total. The van der Waals surface area contributed by atoms with Crippen LogP contribution in [0.25, 0.3) is 10.8 Å². The molecule has 2 saturated carbocycles. The summed E-state index contributed by atoms with van der Waals surface area (Å²) >= 11 is 0. The molecule has 4 rings (SSSR count). The molecule has 0 atom stereocenters. The maximum atomic E-state index is 5.35. The Labute approximate surface area is 190 Å². The summed E-state index contributed by atoms with van der Waals surface area (Å²) in [7, 11) is 1.74. The molecular formula is C30H42O. The van der Waals surface area contributed by atoms with Crippen molar-refractivity contribution in [1.82, 2.24) is 0 Å². The van der Waals surface area contributed by atoms with E-state index >= 15 is 0 Å². The standard InChI is InChI=1S/C30H42O/c1-3-4-5-6-23-9-14-26(15-10-23)27-16-11-24(12-17-27)7-8-25-13-18-29-22-30(31-2)20-19-28(29)21-25/h5-6,13,18-24,26-27H,3-4,7-12,14-17H2,1-2H3/b6-5+. The number of rotatable bonds is 8. The second-order valence-corrected chi connectivity index (χ2v) is 10.3. The van der Waals surface area contributed by atoms with Crippen molar-refractivity contribution >= 4 is 10.8 Å². The van der Waals surface area contributed by atoms with E-state index in [9.17, 15) is 0 Å². The molecular weight excluding hydrogens is 376 g/mol. The summed E-state index contributed by atoms with van der Waals surface area (Å²) in [6, 6.07) is 13.4. The van der Waals surface area contributed by atoms with Crippen LogP contribution in [0.15, 0.2) is 48.6 Å². The van der Waals surface area contributed by atoms with Crippen LogP contribution in [0, 0.1) is 23.7 Å². The third kappa shape index (κ3) is 6.15. The van der Waals surface area contributed by atoms with Crippen molar-refractivity contribution in [3.05, 3.63) is 54.1 Å². The van der Waals surface area contributed by atoms with E-state index in [1.54, 1.807) is 7.11 Å². The number of aryl methyl sites for hydroxylation is 1. The minimum Gasteiger partial charge on any atom is -0.497 e. The highest BCUT2D eigenvalue weighted by atomic mass is 16.5. The third-order valence-corrected chi connectivity index (χ3v) is 8.19. The lowest BCUT2D eigenvalue weighted by Gasteiger charge is -2.37. The van der Waals surface area contributed by atoms with Crippen molar-refractivity contribution in [1.29, 1.82) is 0 Å². The second-order valence-electron chi connectivity index (χ2n) is 10.3. The Morgan fingerprint density at radius 2 is 1.52 bits per heavy atom. The van der Waals surface area contributed by atoms with Gasteiger partial charge in [0.05, 0.1) is 7.11 Å². The number of hydrogen-bond acceptors (Lipinski definition) is 1. The average molecular weight is 419 g/mol. The van der Waals surface area contributed by atoms with Crippen molar-refractivity contribution in [2.45, 2.75) is 84.0 Å². The van der Waals surface area contributed by atoms with Gasteiger partial charge in [-0.15, -0.1) is 0 Å². The van der Waals surface area contributed by atoms with Crippen LogP contribution in [0.5, 0.6) is 5.75 Å². The molecule has 0 saturated heterocycles. The summed E-state index contributed by atoms with van der Waals surface area (Å²) < 4.78 is 5.35. The monoisotopic (exact) mass is 418 g/mol. The third-order valence-electron chi connectivity index (χ3n) is 8.19. The molecule has 2 aromatic carbocycles. The van der Waals surface area contributed by atoms with Crippen LogP contribution in [0.3, 0.4) is 0 Å². The van der Waals surface area contributed by atoms with Gasteiger partial charge in [-0.2, -0.15) is 0 Å². The van der Waals surface area contributed by atoms with E-state index in [2.05, 4.69) is 55.5 Å². The number of fused-ring (bicyclic) bond motifs is 1. The lowest BCUT2D eigenvalue weighted by Crippen LogP contribution is -2.25. The van der Waals surface area contributed by atoms with Crippen molar-refractivity contribution in [2.24, 2.45) is 23.7 Å². The van der Waals surface area contributed by atoms with Crippen LogP contribution in [0.4, 0.5) is 0 Å². The number of ether oxygens (including phenoxy) is 1. The number of methoxy groups -OCH3 is 1. The zero-order valence-corrected chi connectivity index (χ0v) is 19.8. The molecule has 0 aliphatic heterocycles. The van der Waals surface area contributed by atoms with Crippen molar-refractivity contribution in [2.75, 3.05) is 7.11 Å². The van der Waals surface area contributed by atoms with E-state index in [4.69, 9.17) is 4.74 Å². The van der Waals surface area contributed by atoms with Gasteiger partial charge in [0.1, 0.15) is 5.75 Å². The molecule has 0 spiro atoms. The summed E-state index contributed by atoms with van der Waals surface area (Å²) in [5.74, 6) is 4.80. The highest BCUT2D eigenvalue weighted by Gasteiger charge is 2.30. The Morgan fingerprint density at radius 3 is 2.23 bits per heavy atom. The van der Waals surface area contributed by atoms with Gasteiger partial charge in [0, 0.05) is 0 Å². The average Bonchev–Trinajstić information content (AvgIpc) is 2.83. The Hall–Kier alpha value is -1.76. The molecule has 168 valence electrons. The SMILES string of the molecule is CCC/C=C/C1CCC(C2CCC(CCc3ccc4cc(OC)ccc4c3)CC2)CC1. The molecule has 0 aromatic heterocycles. The maximum absolute atomic E-state index is 5.35. The van der Waals surface area contributed by atoms with Gasteiger partial charge in [0.25, 0.3) is 0 Å². The molecule has 2 fully saturated rings. The molecule has 0 amide bonds. The van der Waals surface area contributed by atoms with E-state index in [0.29, 0.717) is 0 Å². The van der Waals surface area contributed by atoms with E-state index in [1.807, 2.05) is 0 Å². The second kappa shape index (κ2) is 11.2. The summed E-state index contributed by atoms with van der Waals surface area (Å²) in [6.45, 7) is 2.27. The zero-order valence-electron chi connectivity index (χ0n) is 19.8. The topological polar surface area (TPSA) is 9.23 Å². The van der Waals surface area contributed by atoms with E-state index in [-0.39, 0.29) is 0 Å². The summed E-state index contributed by atoms with van der Waals surface area (Å²) in [6.07, 6.45) is 21.9. The van der Waals surface area contributed by atoms with Gasteiger partial charge in [-0.3, -0.25) is 0 Å². The first-order valence-electron chi connectivity index (χ1n) is 13.0. The molecule has 2 aliphatic carbocycles. The Bertz CT molecular complexity index is 835. The Kier molecular flexibility index (Phi) is 8.11. The van der Waals surface area contributed by atoms with Crippen LogP contribution >= 0.6 is 0 Å². The van der Waals surface area contributed by atoms with Crippen molar-refractivity contribution in [3.63, 3.8) is 0 Å². The van der Waals surface area contributed by atoms with Gasteiger partial charge in [-0.05, 0) is 110 Å². The molecule has 0 unspecified atom stereocenters. The number of hydrogen-bond donors (Lipinski definition) is 0. The van der Waals surface area contributed by atoms with Gasteiger partial charge in [0.2, 0.25) is 0 Å². The number of unbranched alkanes of at least 4 members (excludes halogenated alkanes) is 1. The first kappa shape index (κ1) is 22.4. The molecule has 31 heavy (non-hydrogen) atoms. The summed E-state index contributed by atoms with van der Waals surface area (Å²) in [5.41, 5.74) is 1.49. The first-order valence-corrected chi connectivity index (χ1v) is 13.0. The Morgan fingerprint density at radius 1 is 0.839 bits per heavy atom. The molecule has 1 heteroatoms. The predicted molar refractivity (Wildman–Crippen MR) is 134 cm³/mol. The quantitative estimate of drug-likeness (QED) is 0.389. The number of allylic oxidation sites excluding steroid dienone is 2. The summed E-state index contributed by atoms with van der Waals surface area (Å²) in [5, 5.41) is 2.61. The van der Waals surface area contributed by atoms with Crippen molar-refractivity contribution in [3.8, 4) is 5.75 Å². The highest BCUT2D eigenvalue weighted by Crippen LogP contribution is 2.42. The highest BCUT2D eigenvalue weighted by molar-refractivity contribution is 5.84. The normalized spacial score (nSPS) is 27.0. The van der Waals surface area contributed by atoms with Gasteiger partial charge in [0.15, 0.2) is 0 Å². The van der Waals surface area contributed by atoms with Gasteiger partial charge in [-0.25, -0.2) is 0 Å². The fourth-order valence-corrected chi connectivity index (χ4v) is 6.14. The van der Waals surface area contributed by atoms with Gasteiger partial charge < -0.3 is 4.74 Å². The van der Waals surface area contributed by atoms with E-state index in [1.165, 1.54) is 93.4 Å². The largest absolute Gasteiger partial charge is 0.497 e. The van der Waals surface area contributed by atoms with Crippen LogP contribution in [0.2, 0.25) is 0 Å². The lowest BCUT2D eigenvalue weighted by atomic mass is 9.68. The van der Waals surface area contributed by atoms with Crippen LogP contribution < -0.4 is 4.74 Å². The van der Waals surface area contributed by atoms with Gasteiger partial charge >= 0.3 is 0 Å². The molecule has 0 bridgehead atoms. The lowest BCUT2D eigenvalue weighted by molar-refractivity contribution is 0.152. The van der Waals surface area contributed by atoms with Crippen LogP contribution in [0.1, 0.15) is 83.1 Å². The molecule has 2 aromatic rings. The predicted octanol–water partition coefficient (Wildman–Crippen LogP) is 8.75. The van der Waals surface area contributed by atoms with Crippen LogP contribution in [-0.2, 0) is 6.42 Å². The van der Waals surface area contributed by atoms with Gasteiger partial charge in [-0.1, -0.05) is 62.6 Å². The van der Waals surface area contributed by atoms with Crippen LogP contribution in [-0.4, -0.2) is 7.11 Å². The zero-order chi connectivity index (χ0) is 21.5. The fraction of sp³-hybridized carbons (Fsp3) is 0.600. The Balaban J connectivity index is 1.20. The minimum atomic E-state index is 0.877. The smallest absolute Gasteiger partial charge is 0.119 e. The van der Waals surface area contributed by atoms with E-state index < -0.39 is 0 Å².